The molecule has 0 unspecified atom stereocenters. The highest BCUT2D eigenvalue weighted by Gasteiger charge is 2.38. The Balaban J connectivity index is 1.82. The SMILES string of the molecule is CC(C)(C)OC(=O)N1CC[C@H](NC(=O)Nc2cc(C(F)(F)F)cc(C(F)(F)F)c2)[C@H](c2ccc(F)cc2)C1. The van der Waals surface area contributed by atoms with Gasteiger partial charge < -0.3 is 20.3 Å². The zero-order valence-electron chi connectivity index (χ0n) is 20.6. The minimum absolute atomic E-state index is 0.0416. The van der Waals surface area contributed by atoms with Crippen molar-refractivity contribution < 1.29 is 45.1 Å². The predicted octanol–water partition coefficient (Wildman–Crippen LogP) is 6.78. The molecule has 0 spiro atoms. The number of piperidine rings is 1. The van der Waals surface area contributed by atoms with Crippen molar-refractivity contribution in [2.45, 2.75) is 57.1 Å². The molecule has 1 heterocycles. The van der Waals surface area contributed by atoms with Gasteiger partial charge in [0.05, 0.1) is 11.1 Å². The van der Waals surface area contributed by atoms with E-state index < -0.39 is 64.7 Å². The lowest BCUT2D eigenvalue weighted by Crippen LogP contribution is -2.52. The van der Waals surface area contributed by atoms with E-state index in [1.807, 2.05) is 5.32 Å². The van der Waals surface area contributed by atoms with E-state index in [1.165, 1.54) is 29.2 Å². The van der Waals surface area contributed by atoms with Crippen molar-refractivity contribution in [2.24, 2.45) is 0 Å². The topological polar surface area (TPSA) is 70.7 Å². The maximum Gasteiger partial charge on any atom is 0.416 e. The van der Waals surface area contributed by atoms with Crippen LogP contribution in [0, 0.1) is 5.82 Å². The van der Waals surface area contributed by atoms with Crippen LogP contribution in [0.4, 0.5) is 46.0 Å². The first-order valence-electron chi connectivity index (χ1n) is 11.5. The summed E-state index contributed by atoms with van der Waals surface area (Å²) in [6, 6.07) is 4.35. The van der Waals surface area contributed by atoms with Crippen molar-refractivity contribution in [3.63, 3.8) is 0 Å². The van der Waals surface area contributed by atoms with E-state index >= 15 is 0 Å². The summed E-state index contributed by atoms with van der Waals surface area (Å²) < 4.78 is 97.8. The molecule has 2 N–H and O–H groups in total. The Hall–Kier alpha value is -3.51. The van der Waals surface area contributed by atoms with Crippen molar-refractivity contribution >= 4 is 17.8 Å². The van der Waals surface area contributed by atoms with Crippen molar-refractivity contribution in [3.05, 3.63) is 65.0 Å². The van der Waals surface area contributed by atoms with Crippen LogP contribution in [0.1, 0.15) is 49.8 Å². The monoisotopic (exact) mass is 549 g/mol. The Labute approximate surface area is 214 Å². The summed E-state index contributed by atoms with van der Waals surface area (Å²) in [5, 5.41) is 4.61. The second-order valence-electron chi connectivity index (χ2n) is 9.87. The number of hydrogen-bond donors (Lipinski definition) is 2. The Morgan fingerprint density at radius 2 is 1.47 bits per heavy atom. The van der Waals surface area contributed by atoms with Gasteiger partial charge in [-0.05, 0) is 63.1 Å². The normalized spacial score (nSPS) is 18.6. The quantitative estimate of drug-likeness (QED) is 0.415. The number of hydrogen-bond acceptors (Lipinski definition) is 3. The maximum atomic E-state index is 13.5. The van der Waals surface area contributed by atoms with Gasteiger partial charge in [-0.25, -0.2) is 14.0 Å². The largest absolute Gasteiger partial charge is 0.444 e. The molecular formula is C25H26F7N3O3. The summed E-state index contributed by atoms with van der Waals surface area (Å²) in [7, 11) is 0. The molecule has 1 aliphatic heterocycles. The number of rotatable bonds is 3. The molecule has 0 aliphatic carbocycles. The second kappa shape index (κ2) is 10.7. The highest BCUT2D eigenvalue weighted by Crippen LogP contribution is 2.37. The van der Waals surface area contributed by atoms with E-state index in [0.29, 0.717) is 17.7 Å². The molecule has 1 aliphatic rings. The zero-order chi connectivity index (χ0) is 28.5. The van der Waals surface area contributed by atoms with Crippen LogP contribution in [0.15, 0.2) is 42.5 Å². The summed E-state index contributed by atoms with van der Waals surface area (Å²) in [5.41, 5.74) is -4.05. The summed E-state index contributed by atoms with van der Waals surface area (Å²) in [6.45, 7) is 5.30. The van der Waals surface area contributed by atoms with Crippen LogP contribution < -0.4 is 10.6 Å². The summed E-state index contributed by atoms with van der Waals surface area (Å²) in [4.78, 5) is 26.7. The number of amides is 3. The van der Waals surface area contributed by atoms with Crippen LogP contribution in [0.3, 0.4) is 0 Å². The molecule has 3 amide bonds. The molecule has 13 heteroatoms. The van der Waals surface area contributed by atoms with Gasteiger partial charge in [-0.2, -0.15) is 26.3 Å². The first-order valence-corrected chi connectivity index (χ1v) is 11.5. The third kappa shape index (κ3) is 7.75. The van der Waals surface area contributed by atoms with Crippen LogP contribution in [0.25, 0.3) is 0 Å². The number of anilines is 1. The van der Waals surface area contributed by atoms with Crippen LogP contribution in [0.5, 0.6) is 0 Å². The van der Waals surface area contributed by atoms with Gasteiger partial charge in [0.25, 0.3) is 0 Å². The van der Waals surface area contributed by atoms with Crippen molar-refractivity contribution in [3.8, 4) is 0 Å². The fourth-order valence-corrected chi connectivity index (χ4v) is 4.03. The van der Waals surface area contributed by atoms with E-state index in [2.05, 4.69) is 5.32 Å². The lowest BCUT2D eigenvalue weighted by molar-refractivity contribution is -0.143. The molecular weight excluding hydrogens is 523 g/mol. The average Bonchev–Trinajstić information content (AvgIpc) is 2.77. The zero-order valence-corrected chi connectivity index (χ0v) is 20.6. The number of ether oxygens (including phenoxy) is 1. The smallest absolute Gasteiger partial charge is 0.416 e. The van der Waals surface area contributed by atoms with Gasteiger partial charge in [0.1, 0.15) is 11.4 Å². The lowest BCUT2D eigenvalue weighted by Gasteiger charge is -2.39. The Bertz CT molecular complexity index is 1130. The van der Waals surface area contributed by atoms with Gasteiger partial charge in [0.2, 0.25) is 0 Å². The lowest BCUT2D eigenvalue weighted by atomic mass is 9.86. The molecule has 38 heavy (non-hydrogen) atoms. The molecule has 2 atom stereocenters. The van der Waals surface area contributed by atoms with E-state index in [9.17, 15) is 40.3 Å². The molecule has 6 nitrogen and oxygen atoms in total. The standard InChI is InChI=1S/C25H26F7N3O3/c1-23(2,3)38-22(37)35-9-8-20(19(13-35)14-4-6-17(26)7-5-14)34-21(36)33-18-11-15(24(27,28)29)10-16(12-18)25(30,31)32/h4-7,10-12,19-20H,8-9,13H2,1-3H3,(H2,33,34,36)/t19-,20-/m0/s1. The van der Waals surface area contributed by atoms with Crippen LogP contribution in [-0.4, -0.2) is 41.8 Å². The first kappa shape index (κ1) is 29.1. The molecule has 2 aromatic carbocycles. The fraction of sp³-hybridized carbons (Fsp3) is 0.440. The number of carbonyl (C=O) groups excluding carboxylic acids is 2. The first-order chi connectivity index (χ1) is 17.4. The highest BCUT2D eigenvalue weighted by atomic mass is 19.4. The van der Waals surface area contributed by atoms with E-state index in [1.54, 1.807) is 20.8 Å². The highest BCUT2D eigenvalue weighted by molar-refractivity contribution is 5.89. The third-order valence-corrected chi connectivity index (χ3v) is 5.72. The molecule has 1 saturated heterocycles. The van der Waals surface area contributed by atoms with E-state index in [0.717, 1.165) is 0 Å². The minimum Gasteiger partial charge on any atom is -0.444 e. The van der Waals surface area contributed by atoms with Gasteiger partial charge in [0, 0.05) is 30.7 Å². The molecule has 3 rings (SSSR count). The molecule has 208 valence electrons. The number of halogens is 7. The Morgan fingerprint density at radius 1 is 0.921 bits per heavy atom. The number of nitrogens with zero attached hydrogens (tertiary/aromatic N) is 1. The molecule has 2 aromatic rings. The number of alkyl halides is 6. The van der Waals surface area contributed by atoms with E-state index in [-0.39, 0.29) is 25.6 Å². The number of urea groups is 1. The summed E-state index contributed by atoms with van der Waals surface area (Å²) in [6.07, 6.45) is -10.6. The van der Waals surface area contributed by atoms with Gasteiger partial charge in [0.15, 0.2) is 0 Å². The fourth-order valence-electron chi connectivity index (χ4n) is 4.03. The molecule has 1 fully saturated rings. The molecule has 0 radical (unpaired) electrons. The van der Waals surface area contributed by atoms with Crippen LogP contribution in [0.2, 0.25) is 0 Å². The molecule has 0 saturated carbocycles. The van der Waals surface area contributed by atoms with Gasteiger partial charge >= 0.3 is 24.5 Å². The third-order valence-electron chi connectivity index (χ3n) is 5.72. The average molecular weight is 549 g/mol. The van der Waals surface area contributed by atoms with Crippen LogP contribution >= 0.6 is 0 Å². The summed E-state index contributed by atoms with van der Waals surface area (Å²) >= 11 is 0. The predicted molar refractivity (Wildman–Crippen MR) is 124 cm³/mol. The number of nitrogens with one attached hydrogen (secondary N) is 2. The van der Waals surface area contributed by atoms with Gasteiger partial charge in [-0.3, -0.25) is 0 Å². The molecule has 0 bridgehead atoms. The summed E-state index contributed by atoms with van der Waals surface area (Å²) in [5.74, 6) is -1.09. The number of benzene rings is 2. The molecule has 0 aromatic heterocycles. The second-order valence-corrected chi connectivity index (χ2v) is 9.87. The number of likely N-dealkylation sites (tertiary alicyclic amines) is 1. The van der Waals surface area contributed by atoms with Crippen molar-refractivity contribution in [1.29, 1.82) is 0 Å². The van der Waals surface area contributed by atoms with Gasteiger partial charge in [-0.1, -0.05) is 12.1 Å². The minimum atomic E-state index is -5.07. The van der Waals surface area contributed by atoms with E-state index in [4.69, 9.17) is 4.74 Å². The number of carbonyl (C=O) groups is 2. The van der Waals surface area contributed by atoms with Crippen LogP contribution in [-0.2, 0) is 17.1 Å². The maximum absolute atomic E-state index is 13.5. The van der Waals surface area contributed by atoms with Gasteiger partial charge in [-0.15, -0.1) is 0 Å². The van der Waals surface area contributed by atoms with Crippen molar-refractivity contribution in [2.75, 3.05) is 18.4 Å². The Morgan fingerprint density at radius 3 is 1.97 bits per heavy atom. The Kier molecular flexibility index (Phi) is 8.18. The van der Waals surface area contributed by atoms with Crippen molar-refractivity contribution in [1.82, 2.24) is 10.2 Å².